The van der Waals surface area contributed by atoms with Crippen LogP contribution >= 0.6 is 0 Å². The Morgan fingerprint density at radius 3 is 2.61 bits per heavy atom. The van der Waals surface area contributed by atoms with Crippen molar-refractivity contribution in [3.05, 3.63) is 70.9 Å². The van der Waals surface area contributed by atoms with E-state index >= 15 is 0 Å². The molecule has 5 rings (SSSR count). The van der Waals surface area contributed by atoms with Crippen molar-refractivity contribution in [3.63, 3.8) is 0 Å². The third-order valence-corrected chi connectivity index (χ3v) is 6.14. The van der Waals surface area contributed by atoms with Gasteiger partial charge in [0.05, 0.1) is 37.1 Å². The molecular weight excluding hydrogens is 388 g/mol. The first kappa shape index (κ1) is 19.8. The Kier molecular flexibility index (Phi) is 5.43. The number of hydrogen-bond donors (Lipinski definition) is 0. The van der Waals surface area contributed by atoms with Crippen LogP contribution in [0.4, 0.5) is 0 Å². The molecule has 2 aromatic carbocycles. The van der Waals surface area contributed by atoms with Gasteiger partial charge in [0.2, 0.25) is 0 Å². The van der Waals surface area contributed by atoms with E-state index in [2.05, 4.69) is 18.2 Å². The molecule has 0 bridgehead atoms. The summed E-state index contributed by atoms with van der Waals surface area (Å²) in [7, 11) is 1.67. The van der Waals surface area contributed by atoms with Crippen LogP contribution < -0.4 is 4.74 Å². The van der Waals surface area contributed by atoms with Crippen molar-refractivity contribution in [1.82, 2.24) is 9.88 Å². The lowest BCUT2D eigenvalue weighted by Crippen LogP contribution is -2.41. The van der Waals surface area contributed by atoms with Crippen LogP contribution in [-0.4, -0.2) is 49.2 Å². The number of carbonyl (C=O) groups excluding carboxylic acids is 1. The maximum Gasteiger partial charge on any atom is 0.255 e. The highest BCUT2D eigenvalue weighted by Gasteiger charge is 2.28. The molecule has 0 saturated carbocycles. The van der Waals surface area contributed by atoms with Gasteiger partial charge in [-0.2, -0.15) is 0 Å². The molecule has 1 aromatic heterocycles. The van der Waals surface area contributed by atoms with Crippen LogP contribution in [0.5, 0.6) is 5.75 Å². The molecule has 2 aliphatic rings. The molecule has 1 fully saturated rings. The fourth-order valence-electron chi connectivity index (χ4n) is 4.55. The molecule has 1 aliphatic carbocycles. The summed E-state index contributed by atoms with van der Waals surface area (Å²) in [5, 5.41) is 0.948. The zero-order valence-electron chi connectivity index (χ0n) is 17.8. The fourth-order valence-corrected chi connectivity index (χ4v) is 4.55. The van der Waals surface area contributed by atoms with E-state index in [1.165, 1.54) is 5.57 Å². The molecule has 3 aromatic rings. The van der Waals surface area contributed by atoms with E-state index in [9.17, 15) is 4.79 Å². The quantitative estimate of drug-likeness (QED) is 0.629. The van der Waals surface area contributed by atoms with Crippen molar-refractivity contribution in [2.45, 2.75) is 19.3 Å². The molecule has 0 radical (unpaired) electrons. The van der Waals surface area contributed by atoms with Crippen LogP contribution in [0.2, 0.25) is 0 Å². The standard InChI is InChI=1S/C26H26N2O3/c1-30-20-11-9-18(10-12-20)17-19-5-4-7-22-24(26(29)28-13-15-31-16-14-28)21-6-2-3-8-23(21)27-25(19)22/h2-3,6,8-12,17H,4-5,7,13-16H2,1H3/b19-17-. The van der Waals surface area contributed by atoms with Crippen LogP contribution in [0, 0.1) is 0 Å². The molecule has 5 heteroatoms. The van der Waals surface area contributed by atoms with E-state index in [1.807, 2.05) is 41.3 Å². The first-order valence-electron chi connectivity index (χ1n) is 10.9. The maximum absolute atomic E-state index is 13.6. The molecule has 0 spiro atoms. The Labute approximate surface area is 182 Å². The van der Waals surface area contributed by atoms with Gasteiger partial charge in [-0.3, -0.25) is 4.79 Å². The Hall–Kier alpha value is -3.18. The van der Waals surface area contributed by atoms with Gasteiger partial charge in [-0.15, -0.1) is 0 Å². The topological polar surface area (TPSA) is 51.7 Å². The predicted molar refractivity (Wildman–Crippen MR) is 122 cm³/mol. The van der Waals surface area contributed by atoms with E-state index in [0.717, 1.165) is 58.3 Å². The molecule has 31 heavy (non-hydrogen) atoms. The number of fused-ring (bicyclic) bond motifs is 2. The van der Waals surface area contributed by atoms with Crippen LogP contribution in [-0.2, 0) is 11.2 Å². The summed E-state index contributed by atoms with van der Waals surface area (Å²) < 4.78 is 10.7. The second-order valence-electron chi connectivity index (χ2n) is 8.03. The number of rotatable bonds is 3. The van der Waals surface area contributed by atoms with Crippen molar-refractivity contribution in [2.75, 3.05) is 33.4 Å². The minimum Gasteiger partial charge on any atom is -0.497 e. The third-order valence-electron chi connectivity index (χ3n) is 6.14. The number of hydrogen-bond acceptors (Lipinski definition) is 4. The number of methoxy groups -OCH3 is 1. The minimum atomic E-state index is 0.101. The van der Waals surface area contributed by atoms with Gasteiger partial charge in [0.25, 0.3) is 5.91 Å². The first-order valence-corrected chi connectivity index (χ1v) is 10.9. The Bertz CT molecular complexity index is 1150. The van der Waals surface area contributed by atoms with Gasteiger partial charge >= 0.3 is 0 Å². The van der Waals surface area contributed by atoms with E-state index < -0.39 is 0 Å². The molecule has 0 unspecified atom stereocenters. The summed E-state index contributed by atoms with van der Waals surface area (Å²) in [4.78, 5) is 20.6. The summed E-state index contributed by atoms with van der Waals surface area (Å²) in [6, 6.07) is 16.1. The molecule has 5 nitrogen and oxygen atoms in total. The van der Waals surface area contributed by atoms with Gasteiger partial charge in [0.1, 0.15) is 5.75 Å². The zero-order chi connectivity index (χ0) is 21.2. The maximum atomic E-state index is 13.6. The molecule has 0 atom stereocenters. The lowest BCUT2D eigenvalue weighted by atomic mass is 9.85. The van der Waals surface area contributed by atoms with Crippen LogP contribution in [0.25, 0.3) is 22.6 Å². The smallest absolute Gasteiger partial charge is 0.255 e. The van der Waals surface area contributed by atoms with E-state index in [-0.39, 0.29) is 5.91 Å². The molecule has 1 amide bonds. The first-order chi connectivity index (χ1) is 15.2. The summed E-state index contributed by atoms with van der Waals surface area (Å²) in [6.45, 7) is 2.47. The van der Waals surface area contributed by atoms with E-state index in [1.54, 1.807) is 7.11 Å². The minimum absolute atomic E-state index is 0.101. The highest BCUT2D eigenvalue weighted by Crippen LogP contribution is 2.36. The Morgan fingerprint density at radius 2 is 1.84 bits per heavy atom. The second kappa shape index (κ2) is 8.52. The van der Waals surface area contributed by atoms with E-state index in [0.29, 0.717) is 26.3 Å². The van der Waals surface area contributed by atoms with Crippen molar-refractivity contribution >= 4 is 28.5 Å². The van der Waals surface area contributed by atoms with Gasteiger partial charge in [0, 0.05) is 18.5 Å². The number of benzene rings is 2. The highest BCUT2D eigenvalue weighted by molar-refractivity contribution is 6.09. The van der Waals surface area contributed by atoms with Crippen LogP contribution in [0.15, 0.2) is 48.5 Å². The number of pyridine rings is 1. The number of carbonyl (C=O) groups is 1. The summed E-state index contributed by atoms with van der Waals surface area (Å²) in [5.74, 6) is 0.942. The van der Waals surface area contributed by atoms with Crippen molar-refractivity contribution < 1.29 is 14.3 Å². The SMILES string of the molecule is COc1ccc(/C=C2/CCCc3c2nc2ccccc2c3C(=O)N2CCOCC2)cc1. The number of amides is 1. The lowest BCUT2D eigenvalue weighted by molar-refractivity contribution is 0.0303. The molecule has 0 N–H and O–H groups in total. The van der Waals surface area contributed by atoms with Gasteiger partial charge in [-0.1, -0.05) is 30.3 Å². The zero-order valence-corrected chi connectivity index (χ0v) is 17.8. The average Bonchev–Trinajstić information content (AvgIpc) is 2.83. The van der Waals surface area contributed by atoms with Crippen LogP contribution in [0.1, 0.15) is 40.0 Å². The monoisotopic (exact) mass is 414 g/mol. The van der Waals surface area contributed by atoms with Gasteiger partial charge < -0.3 is 14.4 Å². The number of allylic oxidation sites excluding steroid dienone is 1. The summed E-state index contributed by atoms with van der Waals surface area (Å²) >= 11 is 0. The number of nitrogens with zero attached hydrogens (tertiary/aromatic N) is 2. The molecule has 2 heterocycles. The van der Waals surface area contributed by atoms with Crippen molar-refractivity contribution in [1.29, 1.82) is 0 Å². The van der Waals surface area contributed by atoms with Gasteiger partial charge in [0.15, 0.2) is 0 Å². The molecule has 1 saturated heterocycles. The largest absolute Gasteiger partial charge is 0.497 e. The normalized spacial score (nSPS) is 17.6. The number of para-hydroxylation sites is 1. The van der Waals surface area contributed by atoms with E-state index in [4.69, 9.17) is 14.5 Å². The Morgan fingerprint density at radius 1 is 1.06 bits per heavy atom. The molecular formula is C26H26N2O3. The number of morpholine rings is 1. The van der Waals surface area contributed by atoms with Gasteiger partial charge in [-0.05, 0) is 60.2 Å². The molecule has 1 aliphatic heterocycles. The second-order valence-corrected chi connectivity index (χ2v) is 8.03. The van der Waals surface area contributed by atoms with Crippen LogP contribution in [0.3, 0.4) is 0 Å². The van der Waals surface area contributed by atoms with Crippen molar-refractivity contribution in [3.8, 4) is 5.75 Å². The fraction of sp³-hybridized carbons (Fsp3) is 0.308. The average molecular weight is 415 g/mol. The van der Waals surface area contributed by atoms with Crippen molar-refractivity contribution in [2.24, 2.45) is 0 Å². The summed E-state index contributed by atoms with van der Waals surface area (Å²) in [5.41, 5.74) is 6.05. The lowest BCUT2D eigenvalue weighted by Gasteiger charge is -2.30. The Balaban J connectivity index is 1.64. The third kappa shape index (κ3) is 3.81. The predicted octanol–water partition coefficient (Wildman–Crippen LogP) is 4.59. The highest BCUT2D eigenvalue weighted by atomic mass is 16.5. The summed E-state index contributed by atoms with van der Waals surface area (Å²) in [6.07, 6.45) is 5.04. The molecule has 158 valence electrons. The van der Waals surface area contributed by atoms with Gasteiger partial charge in [-0.25, -0.2) is 4.98 Å². The number of ether oxygens (including phenoxy) is 2. The number of aromatic nitrogens is 1.